The molecule has 0 radical (unpaired) electrons. The predicted molar refractivity (Wildman–Crippen MR) is 52.1 cm³/mol. The average Bonchev–Trinajstić information content (AvgIpc) is 2.22. The lowest BCUT2D eigenvalue weighted by Crippen LogP contribution is -2.49. The van der Waals surface area contributed by atoms with Gasteiger partial charge in [-0.3, -0.25) is 9.59 Å². The minimum atomic E-state index is -0.881. The molecule has 0 amide bonds. The molecule has 3 atom stereocenters. The predicted octanol–water partition coefficient (Wildman–Crippen LogP) is 1.44. The Hall–Kier alpha value is -1.06. The van der Waals surface area contributed by atoms with Gasteiger partial charge in [0.1, 0.15) is 5.60 Å². The van der Waals surface area contributed by atoms with Crippen LogP contribution in [-0.4, -0.2) is 22.6 Å². The Balaban J connectivity index is 2.44. The van der Waals surface area contributed by atoms with E-state index in [4.69, 9.17) is 9.84 Å². The number of carbonyl (C=O) groups excluding carboxylic acids is 1. The quantitative estimate of drug-likeness (QED) is 0.668. The molecule has 1 heterocycles. The van der Waals surface area contributed by atoms with Crippen molar-refractivity contribution < 1.29 is 19.4 Å². The van der Waals surface area contributed by atoms with Gasteiger partial charge in [-0.15, -0.1) is 0 Å². The minimum absolute atomic E-state index is 0.340. The van der Waals surface area contributed by atoms with Gasteiger partial charge in [-0.1, -0.05) is 13.8 Å². The van der Waals surface area contributed by atoms with E-state index in [1.807, 2.05) is 20.8 Å². The molecule has 2 bridgehead atoms. The van der Waals surface area contributed by atoms with Crippen molar-refractivity contribution in [2.75, 3.05) is 0 Å². The Morgan fingerprint density at radius 2 is 2.07 bits per heavy atom. The van der Waals surface area contributed by atoms with E-state index in [0.29, 0.717) is 12.8 Å². The summed E-state index contributed by atoms with van der Waals surface area (Å²) < 4.78 is 5.37. The average molecular weight is 212 g/mol. The zero-order valence-electron chi connectivity index (χ0n) is 9.24. The molecule has 0 spiro atoms. The van der Waals surface area contributed by atoms with Gasteiger partial charge in [0, 0.05) is 5.41 Å². The van der Waals surface area contributed by atoms with Crippen LogP contribution < -0.4 is 0 Å². The molecule has 4 nitrogen and oxygen atoms in total. The van der Waals surface area contributed by atoms with Gasteiger partial charge in [-0.25, -0.2) is 0 Å². The second-order valence-corrected chi connectivity index (χ2v) is 5.33. The normalized spacial score (nSPS) is 42.5. The summed E-state index contributed by atoms with van der Waals surface area (Å²) in [5.41, 5.74) is -0.869. The van der Waals surface area contributed by atoms with Crippen LogP contribution in [0, 0.1) is 17.3 Å². The van der Waals surface area contributed by atoms with Crippen LogP contribution in [0.1, 0.15) is 33.6 Å². The van der Waals surface area contributed by atoms with Crippen LogP contribution in [0.15, 0.2) is 0 Å². The van der Waals surface area contributed by atoms with Crippen LogP contribution in [0.2, 0.25) is 0 Å². The number of esters is 1. The molecule has 1 aliphatic carbocycles. The zero-order valence-corrected chi connectivity index (χ0v) is 9.24. The minimum Gasteiger partial charge on any atom is -0.481 e. The summed E-state index contributed by atoms with van der Waals surface area (Å²) >= 11 is 0. The fraction of sp³-hybridized carbons (Fsp3) is 0.818. The van der Waals surface area contributed by atoms with Crippen molar-refractivity contribution in [1.82, 2.24) is 0 Å². The van der Waals surface area contributed by atoms with E-state index in [2.05, 4.69) is 0 Å². The first kappa shape index (κ1) is 10.5. The molecule has 2 aliphatic rings. The van der Waals surface area contributed by atoms with Gasteiger partial charge in [0.25, 0.3) is 0 Å². The van der Waals surface area contributed by atoms with Crippen molar-refractivity contribution in [3.8, 4) is 0 Å². The van der Waals surface area contributed by atoms with E-state index in [1.54, 1.807) is 0 Å². The van der Waals surface area contributed by atoms with E-state index in [0.717, 1.165) is 0 Å². The number of rotatable bonds is 1. The first-order valence-electron chi connectivity index (χ1n) is 5.25. The molecule has 0 aromatic carbocycles. The van der Waals surface area contributed by atoms with Gasteiger partial charge in [0.05, 0.1) is 11.8 Å². The third-order valence-corrected chi connectivity index (χ3v) is 4.37. The van der Waals surface area contributed by atoms with Crippen LogP contribution in [-0.2, 0) is 14.3 Å². The standard InChI is InChI=1S/C11H16O4/c1-10(2)7-6(8(12)13)4-5-11(10,3)15-9(7)14/h6-7H,4-5H2,1-3H3,(H,12,13). The molecule has 84 valence electrons. The third kappa shape index (κ3) is 1.13. The molecule has 0 aromatic heterocycles. The molecule has 0 aromatic rings. The van der Waals surface area contributed by atoms with Crippen molar-refractivity contribution in [2.45, 2.75) is 39.2 Å². The van der Waals surface area contributed by atoms with E-state index in [9.17, 15) is 9.59 Å². The summed E-state index contributed by atoms with van der Waals surface area (Å²) in [6.45, 7) is 5.76. The SMILES string of the molecule is CC12CCC(C(=O)O)C(C(=O)O1)C2(C)C. The highest BCUT2D eigenvalue weighted by Crippen LogP contribution is 2.57. The van der Waals surface area contributed by atoms with Crippen LogP contribution in [0.5, 0.6) is 0 Å². The third-order valence-electron chi connectivity index (χ3n) is 4.37. The van der Waals surface area contributed by atoms with Crippen LogP contribution >= 0.6 is 0 Å². The van der Waals surface area contributed by atoms with Gasteiger partial charge in [-0.05, 0) is 19.8 Å². The summed E-state index contributed by atoms with van der Waals surface area (Å²) in [7, 11) is 0. The number of aliphatic carboxylic acids is 1. The monoisotopic (exact) mass is 212 g/mol. The molecular formula is C11H16O4. The second-order valence-electron chi connectivity index (χ2n) is 5.33. The van der Waals surface area contributed by atoms with Gasteiger partial charge in [-0.2, -0.15) is 0 Å². The number of hydrogen-bond acceptors (Lipinski definition) is 3. The Morgan fingerprint density at radius 3 is 2.60 bits per heavy atom. The molecule has 1 saturated carbocycles. The summed E-state index contributed by atoms with van der Waals surface area (Å²) in [5.74, 6) is -2.29. The topological polar surface area (TPSA) is 63.6 Å². The fourth-order valence-electron chi connectivity index (χ4n) is 2.94. The zero-order chi connectivity index (χ0) is 11.4. The molecule has 2 fully saturated rings. The lowest BCUT2D eigenvalue weighted by atomic mass is 9.58. The smallest absolute Gasteiger partial charge is 0.311 e. The molecule has 1 saturated heterocycles. The fourth-order valence-corrected chi connectivity index (χ4v) is 2.94. The summed E-state index contributed by atoms with van der Waals surface area (Å²) in [6.07, 6.45) is 1.17. The summed E-state index contributed by atoms with van der Waals surface area (Å²) in [6, 6.07) is 0. The molecule has 15 heavy (non-hydrogen) atoms. The molecule has 2 rings (SSSR count). The highest BCUT2D eigenvalue weighted by atomic mass is 16.6. The van der Waals surface area contributed by atoms with E-state index >= 15 is 0 Å². The van der Waals surface area contributed by atoms with E-state index < -0.39 is 23.4 Å². The van der Waals surface area contributed by atoms with Crippen LogP contribution in [0.4, 0.5) is 0 Å². The van der Waals surface area contributed by atoms with Gasteiger partial charge < -0.3 is 9.84 Å². The molecule has 3 unspecified atom stereocenters. The number of hydrogen-bond donors (Lipinski definition) is 1. The number of carboxylic acid groups (broad SMARTS) is 1. The first-order chi connectivity index (χ1) is 6.79. The Bertz CT molecular complexity index is 333. The van der Waals surface area contributed by atoms with Crippen molar-refractivity contribution in [3.63, 3.8) is 0 Å². The number of carbonyl (C=O) groups is 2. The molecule has 1 aliphatic heterocycles. The maximum absolute atomic E-state index is 11.7. The lowest BCUT2D eigenvalue weighted by molar-refractivity contribution is -0.152. The molecule has 4 heteroatoms. The summed E-state index contributed by atoms with van der Waals surface area (Å²) in [5, 5.41) is 9.08. The Labute approximate surface area is 88.6 Å². The number of fused-ring (bicyclic) bond motifs is 2. The van der Waals surface area contributed by atoms with Gasteiger partial charge in [0.15, 0.2) is 0 Å². The van der Waals surface area contributed by atoms with Crippen molar-refractivity contribution >= 4 is 11.9 Å². The Kier molecular flexibility index (Phi) is 1.91. The highest BCUT2D eigenvalue weighted by Gasteiger charge is 2.65. The number of carboxylic acids is 1. The van der Waals surface area contributed by atoms with Crippen molar-refractivity contribution in [3.05, 3.63) is 0 Å². The van der Waals surface area contributed by atoms with Crippen LogP contribution in [0.3, 0.4) is 0 Å². The second kappa shape index (κ2) is 2.74. The highest BCUT2D eigenvalue weighted by molar-refractivity contribution is 5.84. The molecular weight excluding hydrogens is 196 g/mol. The number of ether oxygens (including phenoxy) is 1. The Morgan fingerprint density at radius 1 is 1.47 bits per heavy atom. The van der Waals surface area contributed by atoms with Crippen molar-refractivity contribution in [1.29, 1.82) is 0 Å². The van der Waals surface area contributed by atoms with Crippen molar-refractivity contribution in [2.24, 2.45) is 17.3 Å². The first-order valence-corrected chi connectivity index (χ1v) is 5.25. The van der Waals surface area contributed by atoms with E-state index in [1.165, 1.54) is 0 Å². The van der Waals surface area contributed by atoms with Gasteiger partial charge >= 0.3 is 11.9 Å². The largest absolute Gasteiger partial charge is 0.481 e. The maximum atomic E-state index is 11.7. The van der Waals surface area contributed by atoms with Crippen LogP contribution in [0.25, 0.3) is 0 Å². The maximum Gasteiger partial charge on any atom is 0.311 e. The van der Waals surface area contributed by atoms with E-state index in [-0.39, 0.29) is 11.4 Å². The summed E-state index contributed by atoms with van der Waals surface area (Å²) in [4.78, 5) is 22.8. The lowest BCUT2D eigenvalue weighted by Gasteiger charge is -2.43. The molecule has 1 N–H and O–H groups in total. The van der Waals surface area contributed by atoms with Gasteiger partial charge in [0.2, 0.25) is 0 Å².